The highest BCUT2D eigenvalue weighted by atomic mass is 16.2. The number of amides is 1. The quantitative estimate of drug-likeness (QED) is 0.634. The molecule has 14 heavy (non-hydrogen) atoms. The molecule has 1 spiro atoms. The number of ketones is 1. The highest BCUT2D eigenvalue weighted by molar-refractivity contribution is 5.83. The molecule has 0 atom stereocenters. The van der Waals surface area contributed by atoms with Gasteiger partial charge in [0.15, 0.2) is 0 Å². The molecule has 0 aromatic rings. The molecule has 76 valence electrons. The van der Waals surface area contributed by atoms with Crippen LogP contribution in [0.15, 0.2) is 12.8 Å². The summed E-state index contributed by atoms with van der Waals surface area (Å²) in [6.07, 6.45) is 6.03. The van der Waals surface area contributed by atoms with E-state index in [0.29, 0.717) is 25.0 Å². The van der Waals surface area contributed by atoms with Crippen LogP contribution in [0.2, 0.25) is 0 Å². The van der Waals surface area contributed by atoms with Gasteiger partial charge in [-0.15, -0.1) is 0 Å². The predicted octanol–water partition coefficient (Wildman–Crippen LogP) is 1.63. The minimum absolute atomic E-state index is 0.0628. The fraction of sp³-hybridized carbons (Fsp3) is 0.636. The Balaban J connectivity index is 2.19. The van der Waals surface area contributed by atoms with Crippen molar-refractivity contribution >= 4 is 11.7 Å². The Kier molecular flexibility index (Phi) is 2.17. The normalized spacial score (nSPS) is 25.9. The number of likely N-dealkylation sites (tertiary alicyclic amines) is 1. The van der Waals surface area contributed by atoms with Gasteiger partial charge in [-0.1, -0.05) is 6.58 Å². The first-order chi connectivity index (χ1) is 6.68. The van der Waals surface area contributed by atoms with Crippen LogP contribution in [-0.2, 0) is 9.59 Å². The molecule has 1 aliphatic carbocycles. The van der Waals surface area contributed by atoms with Crippen LogP contribution in [0.5, 0.6) is 0 Å². The molecule has 0 N–H and O–H groups in total. The number of nitrogens with zero attached hydrogens (tertiary/aromatic N) is 1. The lowest BCUT2D eigenvalue weighted by Crippen LogP contribution is -2.45. The van der Waals surface area contributed by atoms with Crippen molar-refractivity contribution in [3.8, 4) is 0 Å². The van der Waals surface area contributed by atoms with Gasteiger partial charge >= 0.3 is 0 Å². The van der Waals surface area contributed by atoms with Crippen molar-refractivity contribution in [3.63, 3.8) is 0 Å². The second-order valence-corrected chi connectivity index (χ2v) is 4.21. The molecule has 3 nitrogen and oxygen atoms in total. The van der Waals surface area contributed by atoms with E-state index >= 15 is 0 Å². The van der Waals surface area contributed by atoms with Gasteiger partial charge < -0.3 is 4.90 Å². The lowest BCUT2D eigenvalue weighted by Gasteiger charge is -2.39. The van der Waals surface area contributed by atoms with E-state index in [4.69, 9.17) is 0 Å². The SMILES string of the molecule is C=CN1C(=O)CCC12CCC(=O)CC2. The standard InChI is InChI=1S/C11H15NO2/c1-2-12-10(14)5-8-11(12)6-3-9(13)4-7-11/h2H,1,3-8H2. The van der Waals surface area contributed by atoms with Gasteiger partial charge in [-0.05, 0) is 19.3 Å². The molecule has 0 radical (unpaired) electrons. The topological polar surface area (TPSA) is 37.4 Å². The van der Waals surface area contributed by atoms with Gasteiger partial charge in [0.2, 0.25) is 5.91 Å². The maximum Gasteiger partial charge on any atom is 0.227 e. The van der Waals surface area contributed by atoms with Gasteiger partial charge in [0, 0.05) is 31.0 Å². The van der Waals surface area contributed by atoms with Crippen molar-refractivity contribution in [2.24, 2.45) is 0 Å². The number of hydrogen-bond acceptors (Lipinski definition) is 2. The third-order valence-electron chi connectivity index (χ3n) is 3.50. The molecule has 3 heteroatoms. The number of Topliss-reactive ketones (excluding diaryl/α,β-unsaturated/α-hetero) is 1. The molecule has 1 saturated heterocycles. The lowest BCUT2D eigenvalue weighted by molar-refractivity contribution is -0.131. The number of carbonyl (C=O) groups is 2. The third-order valence-corrected chi connectivity index (χ3v) is 3.50. The Bertz CT molecular complexity index is 286. The Labute approximate surface area is 83.8 Å². The van der Waals surface area contributed by atoms with E-state index in [1.54, 1.807) is 11.1 Å². The zero-order chi connectivity index (χ0) is 10.2. The summed E-state index contributed by atoms with van der Waals surface area (Å²) < 4.78 is 0. The van der Waals surface area contributed by atoms with E-state index in [-0.39, 0.29) is 11.4 Å². The molecule has 2 fully saturated rings. The van der Waals surface area contributed by atoms with Gasteiger partial charge in [-0.3, -0.25) is 9.59 Å². The average molecular weight is 193 g/mol. The second kappa shape index (κ2) is 3.23. The van der Waals surface area contributed by atoms with Crippen LogP contribution in [0.25, 0.3) is 0 Å². The summed E-state index contributed by atoms with van der Waals surface area (Å²) in [5.74, 6) is 0.494. The first kappa shape index (κ1) is 9.44. The minimum Gasteiger partial charge on any atom is -0.314 e. The van der Waals surface area contributed by atoms with Crippen molar-refractivity contribution < 1.29 is 9.59 Å². The van der Waals surface area contributed by atoms with Crippen molar-refractivity contribution in [2.45, 2.75) is 44.1 Å². The smallest absolute Gasteiger partial charge is 0.227 e. The third kappa shape index (κ3) is 1.27. The summed E-state index contributed by atoms with van der Waals surface area (Å²) in [6, 6.07) is 0. The molecule has 1 heterocycles. The molecule has 0 aromatic heterocycles. The van der Waals surface area contributed by atoms with Crippen LogP contribution in [-0.4, -0.2) is 22.1 Å². The van der Waals surface area contributed by atoms with Crippen LogP contribution in [0, 0.1) is 0 Å². The maximum atomic E-state index is 11.5. The molecule has 1 saturated carbocycles. The van der Waals surface area contributed by atoms with Gasteiger partial charge in [0.1, 0.15) is 5.78 Å². The molecule has 1 aliphatic heterocycles. The van der Waals surface area contributed by atoms with Crippen LogP contribution in [0.1, 0.15) is 38.5 Å². The number of hydrogen-bond donors (Lipinski definition) is 0. The van der Waals surface area contributed by atoms with E-state index in [9.17, 15) is 9.59 Å². The zero-order valence-corrected chi connectivity index (χ0v) is 8.29. The summed E-state index contributed by atoms with van der Waals surface area (Å²) in [5, 5.41) is 0. The molecule has 2 rings (SSSR count). The Morgan fingerprint density at radius 2 is 1.71 bits per heavy atom. The fourth-order valence-corrected chi connectivity index (χ4v) is 2.63. The van der Waals surface area contributed by atoms with E-state index in [2.05, 4.69) is 6.58 Å². The molecule has 0 bridgehead atoms. The highest BCUT2D eigenvalue weighted by Gasteiger charge is 2.45. The van der Waals surface area contributed by atoms with E-state index < -0.39 is 0 Å². The van der Waals surface area contributed by atoms with E-state index in [0.717, 1.165) is 19.3 Å². The van der Waals surface area contributed by atoms with Gasteiger partial charge in [0.05, 0.1) is 0 Å². The minimum atomic E-state index is -0.0628. The number of carbonyl (C=O) groups excluding carboxylic acids is 2. The summed E-state index contributed by atoms with van der Waals surface area (Å²) in [5.41, 5.74) is -0.0628. The Morgan fingerprint density at radius 1 is 1.14 bits per heavy atom. The molecule has 0 aromatic carbocycles. The molecule has 1 amide bonds. The predicted molar refractivity (Wildman–Crippen MR) is 52.5 cm³/mol. The second-order valence-electron chi connectivity index (χ2n) is 4.21. The largest absolute Gasteiger partial charge is 0.314 e. The summed E-state index contributed by atoms with van der Waals surface area (Å²) >= 11 is 0. The van der Waals surface area contributed by atoms with Crippen molar-refractivity contribution in [1.29, 1.82) is 0 Å². The van der Waals surface area contributed by atoms with Crippen LogP contribution >= 0.6 is 0 Å². The molecule has 2 aliphatic rings. The lowest BCUT2D eigenvalue weighted by atomic mass is 9.79. The van der Waals surface area contributed by atoms with Gasteiger partial charge in [-0.2, -0.15) is 0 Å². The first-order valence-corrected chi connectivity index (χ1v) is 5.14. The highest BCUT2D eigenvalue weighted by Crippen LogP contribution is 2.41. The van der Waals surface area contributed by atoms with Crippen LogP contribution in [0.3, 0.4) is 0 Å². The fourth-order valence-electron chi connectivity index (χ4n) is 2.63. The van der Waals surface area contributed by atoms with Gasteiger partial charge in [-0.25, -0.2) is 0 Å². The molecular weight excluding hydrogens is 178 g/mol. The van der Waals surface area contributed by atoms with Crippen molar-refractivity contribution in [2.75, 3.05) is 0 Å². The van der Waals surface area contributed by atoms with Crippen molar-refractivity contribution in [1.82, 2.24) is 4.90 Å². The van der Waals surface area contributed by atoms with E-state index in [1.807, 2.05) is 0 Å². The Morgan fingerprint density at radius 3 is 2.29 bits per heavy atom. The Hall–Kier alpha value is -1.12. The number of rotatable bonds is 1. The molecule has 0 unspecified atom stereocenters. The summed E-state index contributed by atoms with van der Waals surface area (Å²) in [4.78, 5) is 24.4. The monoisotopic (exact) mass is 193 g/mol. The van der Waals surface area contributed by atoms with Crippen LogP contribution < -0.4 is 0 Å². The zero-order valence-electron chi connectivity index (χ0n) is 8.29. The average Bonchev–Trinajstić information content (AvgIpc) is 2.49. The summed E-state index contributed by atoms with van der Waals surface area (Å²) in [6.45, 7) is 3.68. The molecular formula is C11H15NO2. The van der Waals surface area contributed by atoms with Gasteiger partial charge in [0.25, 0.3) is 0 Å². The first-order valence-electron chi connectivity index (χ1n) is 5.14. The maximum absolute atomic E-state index is 11.5. The van der Waals surface area contributed by atoms with E-state index in [1.165, 1.54) is 0 Å². The van der Waals surface area contributed by atoms with Crippen LogP contribution in [0.4, 0.5) is 0 Å². The van der Waals surface area contributed by atoms with Crippen molar-refractivity contribution in [3.05, 3.63) is 12.8 Å². The summed E-state index contributed by atoms with van der Waals surface area (Å²) in [7, 11) is 0.